The van der Waals surface area contributed by atoms with Gasteiger partial charge in [0.1, 0.15) is 11.8 Å². The minimum absolute atomic E-state index is 0.213. The zero-order valence-electron chi connectivity index (χ0n) is 13.8. The molecular weight excluding hydrogens is 314 g/mol. The quantitative estimate of drug-likeness (QED) is 0.765. The van der Waals surface area contributed by atoms with E-state index in [1.165, 1.54) is 0 Å². The maximum absolute atomic E-state index is 12.2. The van der Waals surface area contributed by atoms with E-state index in [2.05, 4.69) is 21.4 Å². The van der Waals surface area contributed by atoms with E-state index < -0.39 is 0 Å². The highest BCUT2D eigenvalue weighted by Crippen LogP contribution is 2.33. The summed E-state index contributed by atoms with van der Waals surface area (Å²) >= 11 is 0. The number of rotatable bonds is 4. The zero-order valence-corrected chi connectivity index (χ0v) is 13.8. The number of nitrogens with one attached hydrogen (secondary N) is 1. The Balaban J connectivity index is 2.17. The van der Waals surface area contributed by atoms with Crippen molar-refractivity contribution in [2.45, 2.75) is 13.3 Å². The van der Waals surface area contributed by atoms with Crippen LogP contribution in [0.1, 0.15) is 29.5 Å². The van der Waals surface area contributed by atoms with Crippen LogP contribution in [0.2, 0.25) is 0 Å². The third-order valence-corrected chi connectivity index (χ3v) is 3.93. The van der Waals surface area contributed by atoms with Crippen LogP contribution in [0.15, 0.2) is 42.7 Å². The van der Waals surface area contributed by atoms with Crippen LogP contribution in [0.3, 0.4) is 0 Å². The summed E-state index contributed by atoms with van der Waals surface area (Å²) in [6, 6.07) is 11.3. The number of hydrogen-bond acceptors (Lipinski definition) is 5. The van der Waals surface area contributed by atoms with Crippen LogP contribution in [0.5, 0.6) is 0 Å². The lowest BCUT2D eigenvalue weighted by molar-refractivity contribution is 0.0950. The molecule has 0 aliphatic heterocycles. The fraction of sp³-hybridized carbons (Fsp3) is 0.158. The van der Waals surface area contributed by atoms with Crippen molar-refractivity contribution in [3.8, 4) is 17.2 Å². The number of nitrogen functional groups attached to an aromatic ring is 1. The SMILES string of the molecule is CCCNC(=O)c1ncc2c(-c3cccnc3C#N)cccc2c1N. The number of carbonyl (C=O) groups excluding carboxylic acids is 1. The van der Waals surface area contributed by atoms with E-state index in [4.69, 9.17) is 5.73 Å². The first-order chi connectivity index (χ1) is 12.2. The molecule has 6 heteroatoms. The van der Waals surface area contributed by atoms with Crippen LogP contribution >= 0.6 is 0 Å². The van der Waals surface area contributed by atoms with Crippen LogP contribution in [0.4, 0.5) is 5.69 Å². The maximum Gasteiger partial charge on any atom is 0.272 e. The highest BCUT2D eigenvalue weighted by atomic mass is 16.1. The molecule has 0 saturated carbocycles. The fourth-order valence-electron chi connectivity index (χ4n) is 2.72. The van der Waals surface area contributed by atoms with Crippen molar-refractivity contribution >= 4 is 22.4 Å². The van der Waals surface area contributed by atoms with E-state index in [9.17, 15) is 10.1 Å². The molecule has 6 nitrogen and oxygen atoms in total. The largest absolute Gasteiger partial charge is 0.396 e. The molecule has 3 aromatic rings. The molecule has 2 heterocycles. The van der Waals surface area contributed by atoms with E-state index >= 15 is 0 Å². The molecule has 0 unspecified atom stereocenters. The Labute approximate surface area is 145 Å². The second kappa shape index (κ2) is 6.97. The van der Waals surface area contributed by atoms with Gasteiger partial charge in [-0.3, -0.25) is 4.79 Å². The van der Waals surface area contributed by atoms with Gasteiger partial charge in [-0.25, -0.2) is 9.97 Å². The number of carbonyl (C=O) groups is 1. The summed E-state index contributed by atoms with van der Waals surface area (Å²) in [7, 11) is 0. The number of aromatic nitrogens is 2. The summed E-state index contributed by atoms with van der Waals surface area (Å²) < 4.78 is 0. The molecule has 0 aliphatic carbocycles. The monoisotopic (exact) mass is 331 g/mol. The first-order valence-corrected chi connectivity index (χ1v) is 7.98. The second-order valence-corrected chi connectivity index (χ2v) is 5.55. The van der Waals surface area contributed by atoms with Gasteiger partial charge in [0.2, 0.25) is 0 Å². The topological polar surface area (TPSA) is 105 Å². The van der Waals surface area contributed by atoms with Crippen molar-refractivity contribution in [2.24, 2.45) is 0 Å². The van der Waals surface area contributed by atoms with Gasteiger partial charge in [-0.1, -0.05) is 25.1 Å². The van der Waals surface area contributed by atoms with E-state index in [-0.39, 0.29) is 11.6 Å². The third-order valence-electron chi connectivity index (χ3n) is 3.93. The van der Waals surface area contributed by atoms with Crippen molar-refractivity contribution in [1.82, 2.24) is 15.3 Å². The number of amides is 1. The van der Waals surface area contributed by atoms with E-state index in [1.54, 1.807) is 18.5 Å². The smallest absolute Gasteiger partial charge is 0.272 e. The molecule has 25 heavy (non-hydrogen) atoms. The molecule has 0 atom stereocenters. The lowest BCUT2D eigenvalue weighted by atomic mass is 9.97. The highest BCUT2D eigenvalue weighted by molar-refractivity contribution is 6.09. The summed E-state index contributed by atoms with van der Waals surface area (Å²) in [5.74, 6) is -0.286. The van der Waals surface area contributed by atoms with Crippen molar-refractivity contribution < 1.29 is 4.79 Å². The number of nitrogens with zero attached hydrogens (tertiary/aromatic N) is 3. The number of nitrogens with two attached hydrogens (primary N) is 1. The molecule has 3 N–H and O–H groups in total. The molecule has 1 aromatic carbocycles. The molecular formula is C19H17N5O. The summed E-state index contributed by atoms with van der Waals surface area (Å²) in [5, 5.41) is 13.6. The minimum atomic E-state index is -0.286. The molecule has 2 aromatic heterocycles. The fourth-order valence-corrected chi connectivity index (χ4v) is 2.72. The number of anilines is 1. The van der Waals surface area contributed by atoms with Gasteiger partial charge in [-0.05, 0) is 24.1 Å². The predicted octanol–water partition coefficient (Wildman–Crippen LogP) is 2.89. The van der Waals surface area contributed by atoms with Gasteiger partial charge in [0.15, 0.2) is 5.69 Å². The van der Waals surface area contributed by atoms with Crippen LogP contribution < -0.4 is 11.1 Å². The summed E-state index contributed by atoms with van der Waals surface area (Å²) in [4.78, 5) is 20.6. The van der Waals surface area contributed by atoms with Gasteiger partial charge in [0.25, 0.3) is 5.91 Å². The first-order valence-electron chi connectivity index (χ1n) is 7.98. The lowest BCUT2D eigenvalue weighted by Crippen LogP contribution is -2.26. The molecule has 1 amide bonds. The average molecular weight is 331 g/mol. The Morgan fingerprint density at radius 3 is 2.76 bits per heavy atom. The van der Waals surface area contributed by atoms with Gasteiger partial charge in [-0.2, -0.15) is 5.26 Å². The van der Waals surface area contributed by atoms with Crippen LogP contribution in [0, 0.1) is 11.3 Å². The summed E-state index contributed by atoms with van der Waals surface area (Å²) in [5.41, 5.74) is 8.59. The van der Waals surface area contributed by atoms with E-state index in [0.717, 1.165) is 22.8 Å². The minimum Gasteiger partial charge on any atom is -0.396 e. The Kier molecular flexibility index (Phi) is 4.57. The highest BCUT2D eigenvalue weighted by Gasteiger charge is 2.16. The zero-order chi connectivity index (χ0) is 17.8. The van der Waals surface area contributed by atoms with Crippen molar-refractivity contribution in [3.05, 3.63) is 54.1 Å². The molecule has 0 spiro atoms. The molecule has 0 bridgehead atoms. The summed E-state index contributed by atoms with van der Waals surface area (Å²) in [6.45, 7) is 2.55. The Morgan fingerprint density at radius 1 is 1.20 bits per heavy atom. The van der Waals surface area contributed by atoms with Crippen molar-refractivity contribution in [3.63, 3.8) is 0 Å². The Hall–Kier alpha value is -3.46. The Bertz CT molecular complexity index is 991. The normalized spacial score (nSPS) is 10.4. The van der Waals surface area contributed by atoms with Gasteiger partial charge in [0, 0.05) is 35.3 Å². The summed E-state index contributed by atoms with van der Waals surface area (Å²) in [6.07, 6.45) is 4.04. The molecule has 0 fully saturated rings. The van der Waals surface area contributed by atoms with Crippen molar-refractivity contribution in [2.75, 3.05) is 12.3 Å². The third kappa shape index (κ3) is 3.00. The second-order valence-electron chi connectivity index (χ2n) is 5.55. The van der Waals surface area contributed by atoms with Crippen LogP contribution in [-0.2, 0) is 0 Å². The van der Waals surface area contributed by atoms with Crippen molar-refractivity contribution in [1.29, 1.82) is 5.26 Å². The average Bonchev–Trinajstić information content (AvgIpc) is 2.66. The predicted molar refractivity (Wildman–Crippen MR) is 96.7 cm³/mol. The number of pyridine rings is 2. The van der Waals surface area contributed by atoms with Crippen LogP contribution in [0.25, 0.3) is 21.9 Å². The molecule has 3 rings (SSSR count). The van der Waals surface area contributed by atoms with E-state index in [1.807, 2.05) is 31.2 Å². The standard InChI is InChI=1S/C19H17N5O/c1-2-8-23-19(25)18-17(21)14-6-3-5-12(15(14)11-24-18)13-7-4-9-22-16(13)10-20/h3-7,9,11H,2,8,21H2,1H3,(H,23,25). The van der Waals surface area contributed by atoms with Gasteiger partial charge < -0.3 is 11.1 Å². The van der Waals surface area contributed by atoms with Gasteiger partial charge >= 0.3 is 0 Å². The van der Waals surface area contributed by atoms with Gasteiger partial charge in [0.05, 0.1) is 5.69 Å². The van der Waals surface area contributed by atoms with E-state index in [0.29, 0.717) is 23.5 Å². The Morgan fingerprint density at radius 2 is 2.00 bits per heavy atom. The number of hydrogen-bond donors (Lipinski definition) is 2. The first kappa shape index (κ1) is 16.4. The molecule has 0 saturated heterocycles. The molecule has 0 aliphatic rings. The molecule has 0 radical (unpaired) electrons. The number of fused-ring (bicyclic) bond motifs is 1. The maximum atomic E-state index is 12.2. The molecule has 124 valence electrons. The van der Waals surface area contributed by atoms with Gasteiger partial charge in [-0.15, -0.1) is 0 Å². The lowest BCUT2D eigenvalue weighted by Gasteiger charge is -2.12. The number of benzene rings is 1. The number of nitriles is 1. The van der Waals surface area contributed by atoms with Crippen LogP contribution in [-0.4, -0.2) is 22.4 Å².